The standard InChI is InChI=1S/C18H32N4O7/c1-5-10(4)14(19)16(26)20-8-12(23)22-15(9(2)3)17(27)21-11(18(28)29)6-7-13(24)25/h9-11,14-15H,5-8,19H2,1-4H3,(H,20,26)(H,21,27)(H,22,23)(H,24,25)(H,28,29). The first-order valence-electron chi connectivity index (χ1n) is 9.48. The van der Waals surface area contributed by atoms with Crippen molar-refractivity contribution in [1.82, 2.24) is 16.0 Å². The van der Waals surface area contributed by atoms with Crippen molar-refractivity contribution in [3.63, 3.8) is 0 Å². The van der Waals surface area contributed by atoms with Gasteiger partial charge in [0.25, 0.3) is 0 Å². The topological polar surface area (TPSA) is 188 Å². The molecule has 0 aromatic rings. The SMILES string of the molecule is CCC(C)C(N)C(=O)NCC(=O)NC(C(=O)NC(CCC(=O)O)C(=O)O)C(C)C. The quantitative estimate of drug-likeness (QED) is 0.221. The lowest BCUT2D eigenvalue weighted by molar-refractivity contribution is -0.143. The van der Waals surface area contributed by atoms with Gasteiger partial charge in [0, 0.05) is 6.42 Å². The van der Waals surface area contributed by atoms with Crippen LogP contribution >= 0.6 is 0 Å². The molecule has 0 radical (unpaired) electrons. The summed E-state index contributed by atoms with van der Waals surface area (Å²) in [5, 5.41) is 24.9. The molecular formula is C18H32N4O7. The van der Waals surface area contributed by atoms with Gasteiger partial charge in [-0.25, -0.2) is 4.79 Å². The summed E-state index contributed by atoms with van der Waals surface area (Å²) >= 11 is 0. The van der Waals surface area contributed by atoms with Crippen LogP contribution in [0, 0.1) is 11.8 Å². The van der Waals surface area contributed by atoms with Crippen molar-refractivity contribution >= 4 is 29.7 Å². The first-order chi connectivity index (χ1) is 13.4. The van der Waals surface area contributed by atoms with E-state index in [-0.39, 0.29) is 24.8 Å². The first-order valence-corrected chi connectivity index (χ1v) is 9.48. The predicted octanol–water partition coefficient (Wildman–Crippen LogP) is -0.949. The largest absolute Gasteiger partial charge is 0.481 e. The van der Waals surface area contributed by atoms with E-state index in [1.54, 1.807) is 13.8 Å². The van der Waals surface area contributed by atoms with E-state index in [1.165, 1.54) is 0 Å². The predicted molar refractivity (Wildman–Crippen MR) is 104 cm³/mol. The Morgan fingerprint density at radius 2 is 1.55 bits per heavy atom. The third kappa shape index (κ3) is 9.88. The molecule has 4 atom stereocenters. The molecule has 0 aliphatic rings. The van der Waals surface area contributed by atoms with Gasteiger partial charge in [0.05, 0.1) is 12.6 Å². The van der Waals surface area contributed by atoms with Crippen LogP contribution in [0.2, 0.25) is 0 Å². The molecule has 0 spiro atoms. The van der Waals surface area contributed by atoms with Gasteiger partial charge in [0.2, 0.25) is 17.7 Å². The summed E-state index contributed by atoms with van der Waals surface area (Å²) in [4.78, 5) is 58.3. The highest BCUT2D eigenvalue weighted by Crippen LogP contribution is 2.06. The summed E-state index contributed by atoms with van der Waals surface area (Å²) in [5.74, 6) is -4.89. The van der Waals surface area contributed by atoms with Gasteiger partial charge in [-0.05, 0) is 18.3 Å². The van der Waals surface area contributed by atoms with Crippen LogP contribution in [0.25, 0.3) is 0 Å². The van der Waals surface area contributed by atoms with Crippen LogP contribution in [0.5, 0.6) is 0 Å². The Labute approximate surface area is 169 Å². The average Bonchev–Trinajstić information content (AvgIpc) is 2.64. The average molecular weight is 416 g/mol. The number of carboxylic acids is 2. The van der Waals surface area contributed by atoms with Crippen LogP contribution in [-0.2, 0) is 24.0 Å². The minimum Gasteiger partial charge on any atom is -0.481 e. The molecule has 0 fully saturated rings. The first kappa shape index (κ1) is 26.3. The van der Waals surface area contributed by atoms with Crippen molar-refractivity contribution in [1.29, 1.82) is 0 Å². The molecule has 3 amide bonds. The number of amides is 3. The number of nitrogens with two attached hydrogens (primary N) is 1. The van der Waals surface area contributed by atoms with E-state index >= 15 is 0 Å². The zero-order valence-electron chi connectivity index (χ0n) is 17.2. The minimum absolute atomic E-state index is 0.0639. The molecule has 166 valence electrons. The van der Waals surface area contributed by atoms with Crippen molar-refractivity contribution in [2.24, 2.45) is 17.6 Å². The Balaban J connectivity index is 4.85. The van der Waals surface area contributed by atoms with E-state index < -0.39 is 54.2 Å². The van der Waals surface area contributed by atoms with E-state index in [0.717, 1.165) is 0 Å². The monoisotopic (exact) mass is 416 g/mol. The van der Waals surface area contributed by atoms with E-state index in [4.69, 9.17) is 15.9 Å². The normalized spacial score (nSPS) is 15.0. The van der Waals surface area contributed by atoms with Crippen molar-refractivity contribution in [2.45, 2.75) is 65.1 Å². The summed E-state index contributed by atoms with van der Waals surface area (Å²) in [7, 11) is 0. The third-order valence-corrected chi connectivity index (χ3v) is 4.51. The number of carbonyl (C=O) groups is 5. The van der Waals surface area contributed by atoms with E-state index in [0.29, 0.717) is 6.42 Å². The number of aliphatic carboxylic acids is 2. The van der Waals surface area contributed by atoms with Gasteiger partial charge in [-0.3, -0.25) is 19.2 Å². The number of rotatable bonds is 13. The number of hydrogen-bond donors (Lipinski definition) is 6. The molecule has 4 unspecified atom stereocenters. The molecule has 7 N–H and O–H groups in total. The summed E-state index contributed by atoms with van der Waals surface area (Å²) in [6, 6.07) is -3.22. The molecule has 0 heterocycles. The smallest absolute Gasteiger partial charge is 0.326 e. The van der Waals surface area contributed by atoms with Gasteiger partial charge in [-0.1, -0.05) is 34.1 Å². The molecule has 0 aliphatic carbocycles. The second-order valence-corrected chi connectivity index (χ2v) is 7.25. The Morgan fingerprint density at radius 3 is 2.00 bits per heavy atom. The van der Waals surface area contributed by atoms with Crippen LogP contribution in [0.3, 0.4) is 0 Å². The molecule has 11 heteroatoms. The molecule has 11 nitrogen and oxygen atoms in total. The zero-order chi connectivity index (χ0) is 22.7. The fourth-order valence-corrected chi connectivity index (χ4v) is 2.34. The molecule has 29 heavy (non-hydrogen) atoms. The van der Waals surface area contributed by atoms with Crippen LogP contribution in [-0.4, -0.2) is 64.5 Å². The lowest BCUT2D eigenvalue weighted by atomic mass is 9.99. The maximum Gasteiger partial charge on any atom is 0.326 e. The van der Waals surface area contributed by atoms with Gasteiger partial charge < -0.3 is 31.9 Å². The highest BCUT2D eigenvalue weighted by atomic mass is 16.4. The highest BCUT2D eigenvalue weighted by molar-refractivity contribution is 5.92. The molecule has 0 aromatic carbocycles. The Hall–Kier alpha value is -2.69. The summed E-state index contributed by atoms with van der Waals surface area (Å²) < 4.78 is 0. The van der Waals surface area contributed by atoms with E-state index in [2.05, 4.69) is 16.0 Å². The second-order valence-electron chi connectivity index (χ2n) is 7.25. The maximum atomic E-state index is 12.4. The summed E-state index contributed by atoms with van der Waals surface area (Å²) in [6.45, 7) is 6.61. The van der Waals surface area contributed by atoms with E-state index in [1.807, 2.05) is 13.8 Å². The van der Waals surface area contributed by atoms with Gasteiger partial charge >= 0.3 is 11.9 Å². The number of carboxylic acid groups (broad SMARTS) is 2. The molecule has 0 rings (SSSR count). The number of carbonyl (C=O) groups excluding carboxylic acids is 3. The van der Waals surface area contributed by atoms with Crippen LogP contribution in [0.15, 0.2) is 0 Å². The van der Waals surface area contributed by atoms with Crippen molar-refractivity contribution in [3.8, 4) is 0 Å². The molecule has 0 saturated carbocycles. The fraction of sp³-hybridized carbons (Fsp3) is 0.722. The highest BCUT2D eigenvalue weighted by Gasteiger charge is 2.29. The molecule has 0 aromatic heterocycles. The second kappa shape index (κ2) is 12.7. The molecule has 0 bridgehead atoms. The van der Waals surface area contributed by atoms with Gasteiger partial charge in [0.15, 0.2) is 0 Å². The minimum atomic E-state index is -1.40. The lowest BCUT2D eigenvalue weighted by Gasteiger charge is -2.24. The Kier molecular flexibility index (Phi) is 11.5. The number of nitrogens with one attached hydrogen (secondary N) is 3. The molecule has 0 saturated heterocycles. The third-order valence-electron chi connectivity index (χ3n) is 4.51. The van der Waals surface area contributed by atoms with Crippen molar-refractivity contribution in [3.05, 3.63) is 0 Å². The lowest BCUT2D eigenvalue weighted by Crippen LogP contribution is -2.55. The Bertz CT molecular complexity index is 609. The fourth-order valence-electron chi connectivity index (χ4n) is 2.34. The van der Waals surface area contributed by atoms with Crippen LogP contribution in [0.1, 0.15) is 47.0 Å². The van der Waals surface area contributed by atoms with Crippen LogP contribution in [0.4, 0.5) is 0 Å². The van der Waals surface area contributed by atoms with Gasteiger partial charge in [-0.2, -0.15) is 0 Å². The summed E-state index contributed by atoms with van der Waals surface area (Å²) in [6.07, 6.45) is -0.0276. The molecule has 0 aliphatic heterocycles. The van der Waals surface area contributed by atoms with Gasteiger partial charge in [-0.15, -0.1) is 0 Å². The van der Waals surface area contributed by atoms with E-state index in [9.17, 15) is 24.0 Å². The summed E-state index contributed by atoms with van der Waals surface area (Å²) in [5.41, 5.74) is 5.78. The van der Waals surface area contributed by atoms with Crippen molar-refractivity contribution in [2.75, 3.05) is 6.54 Å². The van der Waals surface area contributed by atoms with Gasteiger partial charge in [0.1, 0.15) is 12.1 Å². The Morgan fingerprint density at radius 1 is 0.966 bits per heavy atom. The van der Waals surface area contributed by atoms with Crippen LogP contribution < -0.4 is 21.7 Å². The molecular weight excluding hydrogens is 384 g/mol. The van der Waals surface area contributed by atoms with Crippen molar-refractivity contribution < 1.29 is 34.2 Å². The maximum absolute atomic E-state index is 12.4. The number of hydrogen-bond acceptors (Lipinski definition) is 6. The zero-order valence-corrected chi connectivity index (χ0v) is 17.2.